The maximum atomic E-state index is 12.6. The zero-order valence-electron chi connectivity index (χ0n) is 21.0. The number of carbonyl (C=O) groups is 1. The molecule has 0 aliphatic carbocycles. The number of ether oxygens (including phenoxy) is 3. The maximum absolute atomic E-state index is 12.6. The summed E-state index contributed by atoms with van der Waals surface area (Å²) >= 11 is 0. The molecule has 180 valence electrons. The normalized spacial score (nSPS) is 21.7. The molecule has 1 aliphatic rings. The monoisotopic (exact) mass is 470 g/mol. The van der Waals surface area contributed by atoms with Crippen LogP contribution in [-0.2, 0) is 23.4 Å². The van der Waals surface area contributed by atoms with E-state index in [9.17, 15) is 4.79 Å². The molecule has 0 spiro atoms. The Hall–Kier alpha value is -1.83. The summed E-state index contributed by atoms with van der Waals surface area (Å²) < 4.78 is 25.1. The van der Waals surface area contributed by atoms with Crippen LogP contribution in [0.15, 0.2) is 60.7 Å². The van der Waals surface area contributed by atoms with Crippen LogP contribution >= 0.6 is 0 Å². The van der Waals surface area contributed by atoms with Gasteiger partial charge in [-0.2, -0.15) is 0 Å². The van der Waals surface area contributed by atoms with Crippen molar-refractivity contribution in [3.05, 3.63) is 60.7 Å². The molecule has 1 heterocycles. The summed E-state index contributed by atoms with van der Waals surface area (Å²) in [6.07, 6.45) is -1.27. The van der Waals surface area contributed by atoms with E-state index in [1.807, 2.05) is 32.9 Å². The molecule has 1 saturated heterocycles. The van der Waals surface area contributed by atoms with Gasteiger partial charge in [-0.25, -0.2) is 0 Å². The van der Waals surface area contributed by atoms with Gasteiger partial charge in [0.05, 0.1) is 6.61 Å². The molecule has 0 saturated carbocycles. The van der Waals surface area contributed by atoms with Crippen molar-refractivity contribution in [3.8, 4) is 0 Å². The molecule has 3 rings (SSSR count). The standard InChI is InChI=1S/C27H38O5Si/c1-8-22(28)24(29-7)25-23(31-27(5,6)32-25)19-30-33(26(2,3)4,20-15-11-9-12-16-20)21-17-13-10-14-18-21/h9-18,23-25H,8,19H2,1-7H3. The third-order valence-electron chi connectivity index (χ3n) is 6.32. The fraction of sp³-hybridized carbons (Fsp3) is 0.519. The molecule has 2 aromatic carbocycles. The molecule has 5 nitrogen and oxygen atoms in total. The molecule has 33 heavy (non-hydrogen) atoms. The van der Waals surface area contributed by atoms with E-state index in [-0.39, 0.29) is 10.8 Å². The van der Waals surface area contributed by atoms with Gasteiger partial charge in [0.1, 0.15) is 18.3 Å². The second-order valence-electron chi connectivity index (χ2n) is 10.1. The molecule has 1 fully saturated rings. The first-order valence-electron chi connectivity index (χ1n) is 11.7. The van der Waals surface area contributed by atoms with Crippen LogP contribution in [-0.4, -0.2) is 51.9 Å². The van der Waals surface area contributed by atoms with Crippen molar-refractivity contribution in [1.29, 1.82) is 0 Å². The smallest absolute Gasteiger partial charge is 0.261 e. The Labute approximate surface area is 199 Å². The Morgan fingerprint density at radius 1 is 1.00 bits per heavy atom. The predicted octanol–water partition coefficient (Wildman–Crippen LogP) is 4.08. The lowest BCUT2D eigenvalue weighted by Crippen LogP contribution is -2.67. The second-order valence-corrected chi connectivity index (χ2v) is 14.4. The van der Waals surface area contributed by atoms with Crippen molar-refractivity contribution in [3.63, 3.8) is 0 Å². The molecule has 3 unspecified atom stereocenters. The predicted molar refractivity (Wildman–Crippen MR) is 133 cm³/mol. The van der Waals surface area contributed by atoms with Crippen molar-refractivity contribution in [2.75, 3.05) is 13.7 Å². The molecule has 0 aromatic heterocycles. The number of Topliss-reactive ketones (excluding diaryl/α,β-unsaturated/α-hetero) is 1. The number of carbonyl (C=O) groups excluding carboxylic acids is 1. The van der Waals surface area contributed by atoms with E-state index in [4.69, 9.17) is 18.6 Å². The minimum atomic E-state index is -2.73. The van der Waals surface area contributed by atoms with Gasteiger partial charge in [-0.15, -0.1) is 0 Å². The molecular weight excluding hydrogens is 432 g/mol. The average Bonchev–Trinajstić information content (AvgIpc) is 3.09. The first kappa shape index (κ1) is 25.8. The summed E-state index contributed by atoms with van der Waals surface area (Å²) in [6, 6.07) is 21.0. The Morgan fingerprint density at radius 3 is 1.94 bits per heavy atom. The highest BCUT2D eigenvalue weighted by atomic mass is 28.4. The van der Waals surface area contributed by atoms with Gasteiger partial charge < -0.3 is 18.6 Å². The number of benzene rings is 2. The number of methoxy groups -OCH3 is 1. The molecule has 1 aliphatic heterocycles. The second kappa shape index (κ2) is 10.2. The molecule has 0 N–H and O–H groups in total. The van der Waals surface area contributed by atoms with E-state index in [1.165, 1.54) is 10.4 Å². The summed E-state index contributed by atoms with van der Waals surface area (Å²) in [5.41, 5.74) is 0. The Bertz CT molecular complexity index is 868. The highest BCUT2D eigenvalue weighted by Crippen LogP contribution is 2.38. The summed E-state index contributed by atoms with van der Waals surface area (Å²) in [4.78, 5) is 12.6. The quantitative estimate of drug-likeness (QED) is 0.517. The van der Waals surface area contributed by atoms with E-state index in [2.05, 4.69) is 69.3 Å². The third kappa shape index (κ3) is 5.31. The lowest BCUT2D eigenvalue weighted by Gasteiger charge is -2.43. The molecule has 0 radical (unpaired) electrons. The largest absolute Gasteiger partial charge is 0.405 e. The van der Waals surface area contributed by atoms with Crippen molar-refractivity contribution in [1.82, 2.24) is 0 Å². The number of hydrogen-bond donors (Lipinski definition) is 0. The van der Waals surface area contributed by atoms with E-state index >= 15 is 0 Å². The van der Waals surface area contributed by atoms with Crippen LogP contribution in [0.3, 0.4) is 0 Å². The zero-order valence-corrected chi connectivity index (χ0v) is 22.0. The van der Waals surface area contributed by atoms with E-state index in [0.29, 0.717) is 13.0 Å². The SMILES string of the molecule is CCC(=O)C(OC)C1OC(C)(C)OC1CO[Si](c1ccccc1)(c1ccccc1)C(C)(C)C. The van der Waals surface area contributed by atoms with Gasteiger partial charge in [-0.3, -0.25) is 4.79 Å². The van der Waals surface area contributed by atoms with Gasteiger partial charge in [-0.05, 0) is 29.3 Å². The van der Waals surface area contributed by atoms with E-state index in [0.717, 1.165) is 0 Å². The van der Waals surface area contributed by atoms with Crippen LogP contribution in [0, 0.1) is 0 Å². The maximum Gasteiger partial charge on any atom is 0.261 e. The van der Waals surface area contributed by atoms with Crippen LogP contribution in [0.4, 0.5) is 0 Å². The Morgan fingerprint density at radius 2 is 1.52 bits per heavy atom. The van der Waals surface area contributed by atoms with Crippen molar-refractivity contribution < 1.29 is 23.4 Å². The van der Waals surface area contributed by atoms with Crippen LogP contribution in [0.5, 0.6) is 0 Å². The lowest BCUT2D eigenvalue weighted by molar-refractivity contribution is -0.162. The number of rotatable bonds is 9. The van der Waals surface area contributed by atoms with Gasteiger partial charge in [0.15, 0.2) is 11.6 Å². The lowest BCUT2D eigenvalue weighted by atomic mass is 10.0. The Balaban J connectivity index is 2.02. The van der Waals surface area contributed by atoms with Gasteiger partial charge in [0, 0.05) is 13.5 Å². The van der Waals surface area contributed by atoms with Gasteiger partial charge in [0.2, 0.25) is 0 Å². The molecule has 0 amide bonds. The van der Waals surface area contributed by atoms with Crippen LogP contribution in [0.1, 0.15) is 48.0 Å². The van der Waals surface area contributed by atoms with Gasteiger partial charge in [-0.1, -0.05) is 88.4 Å². The Kier molecular flexibility index (Phi) is 7.97. The van der Waals surface area contributed by atoms with Crippen molar-refractivity contribution in [2.45, 2.75) is 77.1 Å². The average molecular weight is 471 g/mol. The van der Waals surface area contributed by atoms with Crippen LogP contribution < -0.4 is 10.4 Å². The minimum Gasteiger partial charge on any atom is -0.405 e. The van der Waals surface area contributed by atoms with E-state index in [1.54, 1.807) is 7.11 Å². The van der Waals surface area contributed by atoms with E-state index < -0.39 is 32.4 Å². The summed E-state index contributed by atoms with van der Waals surface area (Å²) in [5.74, 6) is -0.825. The topological polar surface area (TPSA) is 54.0 Å². The van der Waals surface area contributed by atoms with Gasteiger partial charge in [0.25, 0.3) is 8.32 Å². The summed E-state index contributed by atoms with van der Waals surface area (Å²) in [6.45, 7) is 12.6. The fourth-order valence-electron chi connectivity index (χ4n) is 4.87. The van der Waals surface area contributed by atoms with Gasteiger partial charge >= 0.3 is 0 Å². The first-order chi connectivity index (χ1) is 15.6. The minimum absolute atomic E-state index is 0.000696. The summed E-state index contributed by atoms with van der Waals surface area (Å²) in [5, 5.41) is 2.25. The number of hydrogen-bond acceptors (Lipinski definition) is 5. The number of ketones is 1. The van der Waals surface area contributed by atoms with Crippen molar-refractivity contribution in [2.24, 2.45) is 0 Å². The molecule has 3 atom stereocenters. The molecule has 2 aromatic rings. The van der Waals surface area contributed by atoms with Crippen LogP contribution in [0.2, 0.25) is 5.04 Å². The zero-order chi connectivity index (χ0) is 24.3. The first-order valence-corrected chi connectivity index (χ1v) is 13.6. The third-order valence-corrected chi connectivity index (χ3v) is 11.3. The highest BCUT2D eigenvalue weighted by molar-refractivity contribution is 6.99. The molecule has 0 bridgehead atoms. The fourth-order valence-corrected chi connectivity index (χ4v) is 9.44. The van der Waals surface area contributed by atoms with Crippen LogP contribution in [0.25, 0.3) is 0 Å². The summed E-state index contributed by atoms with van der Waals surface area (Å²) in [7, 11) is -1.19. The highest BCUT2D eigenvalue weighted by Gasteiger charge is 2.53. The molecule has 6 heteroatoms. The molecular formula is C27H38O5Si. The van der Waals surface area contributed by atoms with Crippen molar-refractivity contribution >= 4 is 24.5 Å².